The van der Waals surface area contributed by atoms with Crippen LogP contribution < -0.4 is 10.6 Å². The van der Waals surface area contributed by atoms with E-state index in [1.54, 1.807) is 24.3 Å². The lowest BCUT2D eigenvalue weighted by Gasteiger charge is -2.08. The van der Waals surface area contributed by atoms with Crippen LogP contribution in [-0.4, -0.2) is 11.2 Å². The van der Waals surface area contributed by atoms with Crippen molar-refractivity contribution in [1.82, 2.24) is 10.5 Å². The van der Waals surface area contributed by atoms with Gasteiger partial charge in [0.1, 0.15) is 0 Å². The van der Waals surface area contributed by atoms with Crippen molar-refractivity contribution in [3.8, 4) is 0 Å². The molecule has 0 bridgehead atoms. The summed E-state index contributed by atoms with van der Waals surface area (Å²) >= 11 is 9.29. The standard InChI is InChI=1S/C12H11BrClN3O2/c1-7-4-9(19-17-7)6-15-12(18)16-11-3-2-8(13)5-10(11)14/h2-5H,6H2,1H3,(H2,15,16,18). The van der Waals surface area contributed by atoms with E-state index in [2.05, 4.69) is 31.7 Å². The Morgan fingerprint density at radius 2 is 2.26 bits per heavy atom. The van der Waals surface area contributed by atoms with E-state index in [4.69, 9.17) is 16.1 Å². The predicted octanol–water partition coefficient (Wildman–Crippen LogP) is 3.72. The second-order valence-corrected chi connectivity index (χ2v) is 5.19. The minimum Gasteiger partial charge on any atom is -0.359 e. The molecular formula is C12H11BrClN3O2. The van der Waals surface area contributed by atoms with Crippen molar-refractivity contribution in [2.24, 2.45) is 0 Å². The third-order valence-corrected chi connectivity index (χ3v) is 3.09. The summed E-state index contributed by atoms with van der Waals surface area (Å²) in [6.45, 7) is 2.08. The Morgan fingerprint density at radius 1 is 1.47 bits per heavy atom. The van der Waals surface area contributed by atoms with Crippen LogP contribution in [0.25, 0.3) is 0 Å². The van der Waals surface area contributed by atoms with Crippen molar-refractivity contribution in [3.05, 3.63) is 45.2 Å². The molecule has 0 fully saturated rings. The van der Waals surface area contributed by atoms with Gasteiger partial charge in [-0.15, -0.1) is 0 Å². The zero-order chi connectivity index (χ0) is 13.8. The van der Waals surface area contributed by atoms with Crippen molar-refractivity contribution in [2.45, 2.75) is 13.5 Å². The van der Waals surface area contributed by atoms with Gasteiger partial charge in [-0.2, -0.15) is 0 Å². The second kappa shape index (κ2) is 6.08. The topological polar surface area (TPSA) is 67.2 Å². The number of hydrogen-bond donors (Lipinski definition) is 2. The third-order valence-electron chi connectivity index (χ3n) is 2.28. The Bertz CT molecular complexity index is 600. The summed E-state index contributed by atoms with van der Waals surface area (Å²) in [6, 6.07) is 6.61. The number of carbonyl (C=O) groups excluding carboxylic acids is 1. The monoisotopic (exact) mass is 343 g/mol. The summed E-state index contributed by atoms with van der Waals surface area (Å²) in [5.41, 5.74) is 1.31. The Hall–Kier alpha value is -1.53. The quantitative estimate of drug-likeness (QED) is 0.891. The van der Waals surface area contributed by atoms with Crippen LogP contribution in [0, 0.1) is 6.92 Å². The van der Waals surface area contributed by atoms with E-state index in [-0.39, 0.29) is 12.6 Å². The molecule has 0 saturated heterocycles. The number of nitrogens with one attached hydrogen (secondary N) is 2. The predicted molar refractivity (Wildman–Crippen MR) is 76.3 cm³/mol. The van der Waals surface area contributed by atoms with E-state index in [1.165, 1.54) is 0 Å². The maximum atomic E-state index is 11.7. The van der Waals surface area contributed by atoms with Crippen LogP contribution in [0.5, 0.6) is 0 Å². The molecule has 0 atom stereocenters. The van der Waals surface area contributed by atoms with E-state index < -0.39 is 0 Å². The molecule has 0 aliphatic rings. The molecule has 7 heteroatoms. The minimum absolute atomic E-state index is 0.265. The normalized spacial score (nSPS) is 10.3. The number of amides is 2. The Kier molecular flexibility index (Phi) is 4.44. The van der Waals surface area contributed by atoms with Crippen LogP contribution in [0.15, 0.2) is 33.3 Å². The molecule has 1 aromatic carbocycles. The molecule has 5 nitrogen and oxygen atoms in total. The van der Waals surface area contributed by atoms with Crippen molar-refractivity contribution in [1.29, 1.82) is 0 Å². The molecule has 0 aliphatic carbocycles. The number of rotatable bonds is 3. The first-order chi connectivity index (χ1) is 9.04. The van der Waals surface area contributed by atoms with Gasteiger partial charge in [0.05, 0.1) is 22.9 Å². The number of urea groups is 1. The number of hydrogen-bond acceptors (Lipinski definition) is 3. The summed E-state index contributed by atoms with van der Waals surface area (Å²) in [4.78, 5) is 11.7. The summed E-state index contributed by atoms with van der Waals surface area (Å²) < 4.78 is 5.83. The number of carbonyl (C=O) groups is 1. The molecule has 19 heavy (non-hydrogen) atoms. The highest BCUT2D eigenvalue weighted by molar-refractivity contribution is 9.10. The van der Waals surface area contributed by atoms with Crippen LogP contribution in [0.2, 0.25) is 5.02 Å². The molecule has 2 rings (SSSR count). The van der Waals surface area contributed by atoms with E-state index in [0.717, 1.165) is 10.2 Å². The number of nitrogens with zero attached hydrogens (tertiary/aromatic N) is 1. The summed E-state index contributed by atoms with van der Waals surface area (Å²) in [6.07, 6.45) is 0. The van der Waals surface area contributed by atoms with E-state index >= 15 is 0 Å². The van der Waals surface area contributed by atoms with E-state index in [9.17, 15) is 4.79 Å². The summed E-state index contributed by atoms with van der Waals surface area (Å²) in [5, 5.41) is 9.49. The lowest BCUT2D eigenvalue weighted by Crippen LogP contribution is -2.28. The van der Waals surface area contributed by atoms with Crippen LogP contribution >= 0.6 is 27.5 Å². The van der Waals surface area contributed by atoms with Crippen LogP contribution in [0.3, 0.4) is 0 Å². The number of benzene rings is 1. The van der Waals surface area contributed by atoms with Gasteiger partial charge in [0.15, 0.2) is 5.76 Å². The van der Waals surface area contributed by atoms with E-state index in [0.29, 0.717) is 16.5 Å². The fourth-order valence-electron chi connectivity index (χ4n) is 1.42. The molecule has 1 aromatic heterocycles. The molecule has 100 valence electrons. The Balaban J connectivity index is 1.90. The molecule has 0 unspecified atom stereocenters. The second-order valence-electron chi connectivity index (χ2n) is 3.87. The first-order valence-corrected chi connectivity index (χ1v) is 6.64. The number of aromatic nitrogens is 1. The first-order valence-electron chi connectivity index (χ1n) is 5.46. The van der Waals surface area contributed by atoms with Gasteiger partial charge >= 0.3 is 6.03 Å². The molecule has 0 saturated carbocycles. The lowest BCUT2D eigenvalue weighted by atomic mass is 10.3. The molecule has 2 aromatic rings. The highest BCUT2D eigenvalue weighted by atomic mass is 79.9. The third kappa shape index (κ3) is 3.97. The average molecular weight is 345 g/mol. The van der Waals surface area contributed by atoms with Gasteiger partial charge in [-0.05, 0) is 25.1 Å². The Morgan fingerprint density at radius 3 is 2.89 bits per heavy atom. The minimum atomic E-state index is -0.363. The van der Waals surface area contributed by atoms with Gasteiger partial charge in [-0.3, -0.25) is 0 Å². The van der Waals surface area contributed by atoms with Gasteiger partial charge in [-0.25, -0.2) is 4.79 Å². The van der Waals surface area contributed by atoms with Crippen LogP contribution in [0.1, 0.15) is 11.5 Å². The maximum Gasteiger partial charge on any atom is 0.319 e. The van der Waals surface area contributed by atoms with Gasteiger partial charge in [0.2, 0.25) is 0 Å². The number of anilines is 1. The molecule has 0 aliphatic heterocycles. The fraction of sp³-hybridized carbons (Fsp3) is 0.167. The molecule has 0 spiro atoms. The van der Waals surface area contributed by atoms with Crippen molar-refractivity contribution >= 4 is 39.2 Å². The SMILES string of the molecule is Cc1cc(CNC(=O)Nc2ccc(Br)cc2Cl)on1. The fourth-order valence-corrected chi connectivity index (χ4v) is 2.15. The van der Waals surface area contributed by atoms with Gasteiger partial charge in [0, 0.05) is 10.5 Å². The van der Waals surface area contributed by atoms with Gasteiger partial charge in [0.25, 0.3) is 0 Å². The zero-order valence-electron chi connectivity index (χ0n) is 10.0. The molecule has 0 radical (unpaired) electrons. The Labute approximate surface area is 123 Å². The largest absolute Gasteiger partial charge is 0.359 e. The smallest absolute Gasteiger partial charge is 0.319 e. The first kappa shape index (κ1) is 13.9. The molecule has 1 heterocycles. The number of aryl methyl sites for hydroxylation is 1. The summed E-state index contributed by atoms with van der Waals surface area (Å²) in [7, 11) is 0. The van der Waals surface area contributed by atoms with Crippen molar-refractivity contribution in [2.75, 3.05) is 5.32 Å². The molecule has 2 amide bonds. The van der Waals surface area contributed by atoms with Crippen molar-refractivity contribution in [3.63, 3.8) is 0 Å². The van der Waals surface area contributed by atoms with Gasteiger partial charge < -0.3 is 15.2 Å². The van der Waals surface area contributed by atoms with Crippen molar-refractivity contribution < 1.29 is 9.32 Å². The van der Waals surface area contributed by atoms with Crippen LogP contribution in [-0.2, 0) is 6.54 Å². The molecular weight excluding hydrogens is 334 g/mol. The summed E-state index contributed by atoms with van der Waals surface area (Å²) in [5.74, 6) is 0.592. The molecule has 2 N–H and O–H groups in total. The number of halogens is 2. The highest BCUT2D eigenvalue weighted by Crippen LogP contribution is 2.25. The lowest BCUT2D eigenvalue weighted by molar-refractivity contribution is 0.250. The average Bonchev–Trinajstić information content (AvgIpc) is 2.76. The van der Waals surface area contributed by atoms with Gasteiger partial charge in [-0.1, -0.05) is 32.7 Å². The van der Waals surface area contributed by atoms with Crippen LogP contribution in [0.4, 0.5) is 10.5 Å². The highest BCUT2D eigenvalue weighted by Gasteiger charge is 2.07. The maximum absolute atomic E-state index is 11.7. The van der Waals surface area contributed by atoms with E-state index in [1.807, 2.05) is 6.92 Å². The zero-order valence-corrected chi connectivity index (χ0v) is 12.4.